The zero-order chi connectivity index (χ0) is 14.7. The summed E-state index contributed by atoms with van der Waals surface area (Å²) in [6, 6.07) is 8.75. The summed E-state index contributed by atoms with van der Waals surface area (Å²) in [6.07, 6.45) is 4.61. The molecule has 0 spiro atoms. The van der Waals surface area contributed by atoms with E-state index in [4.69, 9.17) is 4.98 Å². The van der Waals surface area contributed by atoms with Crippen LogP contribution in [0.3, 0.4) is 0 Å². The Hall–Kier alpha value is -1.39. The summed E-state index contributed by atoms with van der Waals surface area (Å²) in [5.41, 5.74) is 4.07. The van der Waals surface area contributed by atoms with Gasteiger partial charge >= 0.3 is 0 Å². The summed E-state index contributed by atoms with van der Waals surface area (Å²) in [6.45, 7) is 4.22. The average Bonchev–Trinajstić information content (AvgIpc) is 2.90. The van der Waals surface area contributed by atoms with Crippen LogP contribution in [0.25, 0.3) is 0 Å². The number of benzene rings is 1. The number of para-hydroxylation sites is 1. The number of rotatable bonds is 5. The lowest BCUT2D eigenvalue weighted by molar-refractivity contribution is 0.760. The molecule has 0 aliphatic carbocycles. The maximum atomic E-state index is 4.95. The predicted octanol–water partition coefficient (Wildman–Crippen LogP) is 3.90. The zero-order valence-corrected chi connectivity index (χ0v) is 13.7. The number of hydrogen-bond acceptors (Lipinski definition) is 4. The van der Waals surface area contributed by atoms with Crippen LogP contribution in [0, 0.1) is 0 Å². The summed E-state index contributed by atoms with van der Waals surface area (Å²) >= 11 is 1.85. The molecule has 0 amide bonds. The second-order valence-electron chi connectivity index (χ2n) is 5.53. The van der Waals surface area contributed by atoms with E-state index in [1.807, 2.05) is 18.4 Å². The lowest BCUT2D eigenvalue weighted by Gasteiger charge is -2.28. The molecule has 1 aliphatic rings. The number of fused-ring (bicyclic) bond motifs is 1. The van der Waals surface area contributed by atoms with Gasteiger partial charge in [-0.05, 0) is 37.9 Å². The molecule has 1 N–H and O–H groups in total. The van der Waals surface area contributed by atoms with Crippen LogP contribution in [0.4, 0.5) is 10.8 Å². The van der Waals surface area contributed by atoms with Crippen LogP contribution in [-0.4, -0.2) is 18.6 Å². The largest absolute Gasteiger partial charge is 0.318 e. The summed E-state index contributed by atoms with van der Waals surface area (Å²) in [4.78, 5) is 8.74. The van der Waals surface area contributed by atoms with E-state index in [1.54, 1.807) is 0 Å². The molecule has 1 aromatic carbocycles. The van der Waals surface area contributed by atoms with Crippen LogP contribution in [-0.2, 0) is 19.4 Å². The van der Waals surface area contributed by atoms with Crippen LogP contribution < -0.4 is 10.2 Å². The highest BCUT2D eigenvalue weighted by Gasteiger charge is 2.21. The number of thiazole rings is 1. The molecule has 0 unspecified atom stereocenters. The van der Waals surface area contributed by atoms with Crippen LogP contribution >= 0.6 is 11.3 Å². The van der Waals surface area contributed by atoms with Gasteiger partial charge in [0.05, 0.1) is 5.69 Å². The second-order valence-corrected chi connectivity index (χ2v) is 6.59. The van der Waals surface area contributed by atoms with Crippen molar-refractivity contribution in [3.63, 3.8) is 0 Å². The smallest absolute Gasteiger partial charge is 0.190 e. The van der Waals surface area contributed by atoms with Gasteiger partial charge in [0.1, 0.15) is 0 Å². The van der Waals surface area contributed by atoms with E-state index >= 15 is 0 Å². The van der Waals surface area contributed by atoms with Crippen LogP contribution in [0.5, 0.6) is 0 Å². The van der Waals surface area contributed by atoms with Gasteiger partial charge in [0.2, 0.25) is 0 Å². The van der Waals surface area contributed by atoms with Crippen LogP contribution in [0.1, 0.15) is 35.9 Å². The van der Waals surface area contributed by atoms with Crippen molar-refractivity contribution in [2.24, 2.45) is 0 Å². The standard InChI is InChI=1S/C17H23N3S/c1-3-7-14-16(12-18-2)21-17(19-14)20-11-6-9-13-8-4-5-10-15(13)20/h4-5,8,10,18H,3,6-7,9,11-12H2,1-2H3. The monoisotopic (exact) mass is 301 g/mol. The van der Waals surface area contributed by atoms with Crippen molar-refractivity contribution in [1.29, 1.82) is 0 Å². The zero-order valence-electron chi connectivity index (χ0n) is 12.9. The van der Waals surface area contributed by atoms with Crippen molar-refractivity contribution in [2.45, 2.75) is 39.2 Å². The number of anilines is 2. The highest BCUT2D eigenvalue weighted by molar-refractivity contribution is 7.15. The molecule has 0 fully saturated rings. The van der Waals surface area contributed by atoms with E-state index in [0.717, 1.165) is 31.1 Å². The van der Waals surface area contributed by atoms with E-state index < -0.39 is 0 Å². The first-order chi connectivity index (χ1) is 10.3. The molecule has 3 nitrogen and oxygen atoms in total. The van der Waals surface area contributed by atoms with Crippen molar-refractivity contribution in [2.75, 3.05) is 18.5 Å². The number of hydrogen-bond donors (Lipinski definition) is 1. The molecule has 2 aromatic rings. The Morgan fingerprint density at radius 3 is 3.00 bits per heavy atom. The van der Waals surface area contributed by atoms with Gasteiger partial charge in [-0.3, -0.25) is 0 Å². The molecule has 0 saturated heterocycles. The Kier molecular flexibility index (Phi) is 4.56. The molecule has 1 aliphatic heterocycles. The average molecular weight is 301 g/mol. The van der Waals surface area contributed by atoms with Gasteiger partial charge < -0.3 is 10.2 Å². The molecule has 4 heteroatoms. The third-order valence-electron chi connectivity index (χ3n) is 3.93. The van der Waals surface area contributed by atoms with Gasteiger partial charge in [0.25, 0.3) is 0 Å². The van der Waals surface area contributed by atoms with Gasteiger partial charge in [-0.2, -0.15) is 0 Å². The van der Waals surface area contributed by atoms with Gasteiger partial charge in [0, 0.05) is 23.7 Å². The molecule has 21 heavy (non-hydrogen) atoms. The Labute approximate surface area is 131 Å². The van der Waals surface area contributed by atoms with Crippen molar-refractivity contribution < 1.29 is 0 Å². The SMILES string of the molecule is CCCc1nc(N2CCCc3ccccc32)sc1CNC. The summed E-state index contributed by atoms with van der Waals surface area (Å²) < 4.78 is 0. The molecule has 1 aromatic heterocycles. The van der Waals surface area contributed by atoms with Crippen molar-refractivity contribution in [3.8, 4) is 0 Å². The molecule has 2 heterocycles. The quantitative estimate of drug-likeness (QED) is 0.908. The number of aromatic nitrogens is 1. The Morgan fingerprint density at radius 1 is 1.33 bits per heavy atom. The first-order valence-corrected chi connectivity index (χ1v) is 8.63. The minimum atomic E-state index is 0.919. The van der Waals surface area contributed by atoms with Crippen LogP contribution in [0.15, 0.2) is 24.3 Å². The minimum absolute atomic E-state index is 0.919. The fourth-order valence-corrected chi connectivity index (χ4v) is 4.11. The van der Waals surface area contributed by atoms with E-state index in [0.29, 0.717) is 0 Å². The second kappa shape index (κ2) is 6.58. The van der Waals surface area contributed by atoms with E-state index in [-0.39, 0.29) is 0 Å². The Balaban J connectivity index is 1.95. The normalized spacial score (nSPS) is 14.3. The number of nitrogens with one attached hydrogen (secondary N) is 1. The lowest BCUT2D eigenvalue weighted by atomic mass is 10.0. The number of nitrogens with zero attached hydrogens (tertiary/aromatic N) is 2. The van der Waals surface area contributed by atoms with E-state index in [9.17, 15) is 0 Å². The third kappa shape index (κ3) is 2.97. The van der Waals surface area contributed by atoms with Gasteiger partial charge in [-0.25, -0.2) is 4.98 Å². The molecule has 0 saturated carbocycles. The Morgan fingerprint density at radius 2 is 2.19 bits per heavy atom. The Bertz CT molecular complexity index is 582. The fourth-order valence-electron chi connectivity index (χ4n) is 2.95. The van der Waals surface area contributed by atoms with Crippen molar-refractivity contribution >= 4 is 22.2 Å². The molecule has 0 bridgehead atoms. The van der Waals surface area contributed by atoms with E-state index in [1.165, 1.54) is 34.7 Å². The first-order valence-electron chi connectivity index (χ1n) is 7.82. The molecule has 0 atom stereocenters. The maximum Gasteiger partial charge on any atom is 0.190 e. The predicted molar refractivity (Wildman–Crippen MR) is 90.6 cm³/mol. The molecule has 3 rings (SSSR count). The third-order valence-corrected chi connectivity index (χ3v) is 5.05. The minimum Gasteiger partial charge on any atom is -0.318 e. The number of aryl methyl sites for hydroxylation is 2. The molecule has 0 radical (unpaired) electrons. The highest BCUT2D eigenvalue weighted by atomic mass is 32.1. The van der Waals surface area contributed by atoms with Crippen LogP contribution in [0.2, 0.25) is 0 Å². The summed E-state index contributed by atoms with van der Waals surface area (Å²) in [7, 11) is 2.01. The molecular weight excluding hydrogens is 278 g/mol. The van der Waals surface area contributed by atoms with E-state index in [2.05, 4.69) is 41.4 Å². The summed E-state index contributed by atoms with van der Waals surface area (Å²) in [5.74, 6) is 0. The molecular formula is C17H23N3S. The fraction of sp³-hybridized carbons (Fsp3) is 0.471. The topological polar surface area (TPSA) is 28.2 Å². The van der Waals surface area contributed by atoms with Gasteiger partial charge in [0.15, 0.2) is 5.13 Å². The highest BCUT2D eigenvalue weighted by Crippen LogP contribution is 2.37. The van der Waals surface area contributed by atoms with Crippen molar-refractivity contribution in [1.82, 2.24) is 10.3 Å². The van der Waals surface area contributed by atoms with Gasteiger partial charge in [-0.15, -0.1) is 0 Å². The summed E-state index contributed by atoms with van der Waals surface area (Å²) in [5, 5.41) is 4.43. The van der Waals surface area contributed by atoms with Crippen molar-refractivity contribution in [3.05, 3.63) is 40.4 Å². The maximum absolute atomic E-state index is 4.95. The van der Waals surface area contributed by atoms with Gasteiger partial charge in [-0.1, -0.05) is 42.9 Å². The molecule has 112 valence electrons. The first kappa shape index (κ1) is 14.5. The lowest BCUT2D eigenvalue weighted by Crippen LogP contribution is -2.24.